The number of hydrogen-bond donors (Lipinski definition) is 1. The normalized spacial score (nSPS) is 15.3. The Morgan fingerprint density at radius 1 is 1.09 bits per heavy atom. The summed E-state index contributed by atoms with van der Waals surface area (Å²) in [6.07, 6.45) is 7.33. The van der Waals surface area contributed by atoms with Crippen LogP contribution in [-0.2, 0) is 9.68 Å². The number of rotatable bonds is 4. The first-order valence-corrected chi connectivity index (χ1v) is 10.1. The van der Waals surface area contributed by atoms with Crippen LogP contribution >= 0.6 is 0 Å². The molecule has 1 unspecified atom stereocenters. The van der Waals surface area contributed by atoms with Gasteiger partial charge < -0.3 is 14.9 Å². The van der Waals surface area contributed by atoms with E-state index < -0.39 is 5.97 Å². The Kier molecular flexibility index (Phi) is 4.77. The summed E-state index contributed by atoms with van der Waals surface area (Å²) in [6, 6.07) is 13.1. The molecule has 0 saturated heterocycles. The molecule has 0 radical (unpaired) electrons. The van der Waals surface area contributed by atoms with Gasteiger partial charge in [0.1, 0.15) is 0 Å². The van der Waals surface area contributed by atoms with E-state index in [0.29, 0.717) is 16.5 Å². The van der Waals surface area contributed by atoms with E-state index in [-0.39, 0.29) is 5.92 Å². The molecule has 160 valence electrons. The molecule has 1 aliphatic carbocycles. The number of hydrogen-bond acceptors (Lipinski definition) is 7. The summed E-state index contributed by atoms with van der Waals surface area (Å²) in [5, 5.41) is 19.6. The fourth-order valence-corrected chi connectivity index (χ4v) is 4.57. The summed E-state index contributed by atoms with van der Waals surface area (Å²) < 4.78 is 0. The minimum absolute atomic E-state index is 0.0942. The highest BCUT2D eigenvalue weighted by Gasteiger charge is 2.20. The molecule has 0 aromatic heterocycles. The number of benzene rings is 4. The summed E-state index contributed by atoms with van der Waals surface area (Å²) in [5.74, 6) is 4.67. The van der Waals surface area contributed by atoms with Crippen molar-refractivity contribution in [1.82, 2.24) is 0 Å². The third-order valence-electron chi connectivity index (χ3n) is 5.88. The van der Waals surface area contributed by atoms with E-state index in [9.17, 15) is 10.0 Å². The molecular weight excluding hydrogens is 406 g/mol. The van der Waals surface area contributed by atoms with Crippen LogP contribution in [0.2, 0.25) is 0 Å². The number of nitrogens with two attached hydrogens (primary N) is 1. The van der Waals surface area contributed by atoms with Gasteiger partial charge in [0, 0.05) is 12.3 Å². The lowest BCUT2D eigenvalue weighted by Crippen LogP contribution is -2.23. The van der Waals surface area contributed by atoms with E-state index in [2.05, 4.69) is 35.0 Å². The van der Waals surface area contributed by atoms with E-state index in [4.69, 9.17) is 10.7 Å². The molecule has 1 atom stereocenters. The van der Waals surface area contributed by atoms with Crippen molar-refractivity contribution >= 4 is 62.5 Å². The summed E-state index contributed by atoms with van der Waals surface area (Å²) in [5.41, 5.74) is 1.78. The lowest BCUT2D eigenvalue weighted by atomic mass is 9.88. The topological polar surface area (TPSA) is 100 Å². The number of aliphatic imine (C=N–C) groups is 1. The maximum Gasteiger partial charge on any atom is 0.357 e. The minimum Gasteiger partial charge on any atom is -0.724 e. The maximum absolute atomic E-state index is 12.7. The zero-order valence-corrected chi connectivity index (χ0v) is 17.5. The molecule has 32 heavy (non-hydrogen) atoms. The second kappa shape index (κ2) is 7.64. The van der Waals surface area contributed by atoms with Crippen LogP contribution in [-0.4, -0.2) is 19.4 Å². The highest BCUT2D eigenvalue weighted by molar-refractivity contribution is 6.27. The molecule has 7 nitrogen and oxygen atoms in total. The standard InChI is InChI=1S/C25H20N3O4/c1-14-6-7-17-18-8-9-20(25(29)32-26)16-5-3-4-15(23(16)18)19-10-11-22(21(12-14)24(17)19)28(30)31-13-27-2/h3-14H,26H2,1-2H3/q-1. The van der Waals surface area contributed by atoms with E-state index in [1.165, 1.54) is 7.05 Å². The van der Waals surface area contributed by atoms with Gasteiger partial charge in [-0.2, -0.15) is 5.90 Å². The molecule has 2 N–H and O–H groups in total. The van der Waals surface area contributed by atoms with E-state index in [0.717, 1.165) is 49.5 Å². The number of anilines is 1. The first kappa shape index (κ1) is 20.0. The van der Waals surface area contributed by atoms with Crippen molar-refractivity contribution in [2.45, 2.75) is 6.92 Å². The molecule has 0 saturated carbocycles. The fraction of sp³-hybridized carbons (Fsp3) is 0.120. The Labute approximate surface area is 183 Å². The summed E-state index contributed by atoms with van der Waals surface area (Å²) in [6.45, 7) is 2.06. The van der Waals surface area contributed by atoms with Gasteiger partial charge >= 0.3 is 5.97 Å². The molecule has 0 heterocycles. The Hall–Kier alpha value is -3.94. The molecule has 4 aromatic rings. The van der Waals surface area contributed by atoms with Crippen molar-refractivity contribution in [1.29, 1.82) is 0 Å². The van der Waals surface area contributed by atoms with Gasteiger partial charge in [-0.3, -0.25) is 10.2 Å². The van der Waals surface area contributed by atoms with E-state index in [1.54, 1.807) is 12.1 Å². The van der Waals surface area contributed by atoms with Crippen molar-refractivity contribution < 1.29 is 14.5 Å². The van der Waals surface area contributed by atoms with Crippen LogP contribution in [0.4, 0.5) is 5.69 Å². The maximum atomic E-state index is 12.7. The first-order chi connectivity index (χ1) is 15.5. The summed E-state index contributed by atoms with van der Waals surface area (Å²) >= 11 is 0. The quantitative estimate of drug-likeness (QED) is 0.172. The third-order valence-corrected chi connectivity index (χ3v) is 5.88. The van der Waals surface area contributed by atoms with Crippen LogP contribution in [0.15, 0.2) is 53.5 Å². The Balaban J connectivity index is 1.97. The molecule has 7 heteroatoms. The van der Waals surface area contributed by atoms with Crippen LogP contribution < -0.4 is 16.3 Å². The number of carbonyl (C=O) groups is 1. The second-order valence-electron chi connectivity index (χ2n) is 7.74. The number of nitrogens with zero attached hydrogens (tertiary/aromatic N) is 2. The molecule has 1 aliphatic rings. The largest absolute Gasteiger partial charge is 0.724 e. The lowest BCUT2D eigenvalue weighted by Gasteiger charge is -2.28. The average Bonchev–Trinajstić information content (AvgIpc) is 2.99. The van der Waals surface area contributed by atoms with Gasteiger partial charge in [-0.15, -0.1) is 0 Å². The highest BCUT2D eigenvalue weighted by atomic mass is 16.9. The van der Waals surface area contributed by atoms with Crippen LogP contribution in [0.1, 0.15) is 22.8 Å². The number of fused-ring (bicyclic) bond motifs is 2. The van der Waals surface area contributed by atoms with Crippen molar-refractivity contribution in [3.05, 3.63) is 70.1 Å². The molecule has 0 spiro atoms. The predicted octanol–water partition coefficient (Wildman–Crippen LogP) is 4.23. The first-order valence-electron chi connectivity index (χ1n) is 10.1. The zero-order valence-electron chi connectivity index (χ0n) is 17.5. The van der Waals surface area contributed by atoms with Crippen molar-refractivity contribution in [2.24, 2.45) is 16.8 Å². The fourth-order valence-electron chi connectivity index (χ4n) is 4.57. The predicted molar refractivity (Wildman–Crippen MR) is 128 cm³/mol. The summed E-state index contributed by atoms with van der Waals surface area (Å²) in [4.78, 5) is 25.6. The van der Waals surface area contributed by atoms with Gasteiger partial charge in [0.05, 0.1) is 11.3 Å². The molecule has 4 aromatic carbocycles. The van der Waals surface area contributed by atoms with Gasteiger partial charge in [-0.25, -0.2) is 4.79 Å². The number of carbonyl (C=O) groups excluding carboxylic acids is 1. The summed E-state index contributed by atoms with van der Waals surface area (Å²) in [7, 11) is 1.53. The van der Waals surface area contributed by atoms with Gasteiger partial charge in [-0.05, 0) is 55.9 Å². The van der Waals surface area contributed by atoms with Crippen LogP contribution in [0.25, 0.3) is 44.5 Å². The average molecular weight is 426 g/mol. The van der Waals surface area contributed by atoms with Gasteiger partial charge in [-0.1, -0.05) is 55.5 Å². The van der Waals surface area contributed by atoms with Crippen molar-refractivity contribution in [3.8, 4) is 0 Å². The minimum atomic E-state index is -0.587. The molecular formula is C25H20N3O4-. The van der Waals surface area contributed by atoms with Crippen LogP contribution in [0.3, 0.4) is 0 Å². The Bertz CT molecular complexity index is 1510. The smallest absolute Gasteiger partial charge is 0.357 e. The van der Waals surface area contributed by atoms with E-state index >= 15 is 0 Å². The molecule has 0 bridgehead atoms. The Morgan fingerprint density at radius 2 is 1.84 bits per heavy atom. The number of allylic oxidation sites excluding steroid dienone is 1. The van der Waals surface area contributed by atoms with E-state index in [1.807, 2.05) is 30.3 Å². The molecule has 0 fully saturated rings. The second-order valence-corrected chi connectivity index (χ2v) is 7.74. The molecule has 0 aliphatic heterocycles. The Morgan fingerprint density at radius 3 is 2.62 bits per heavy atom. The van der Waals surface area contributed by atoms with Crippen molar-refractivity contribution in [3.63, 3.8) is 0 Å². The van der Waals surface area contributed by atoms with Gasteiger partial charge in [0.15, 0.2) is 0 Å². The van der Waals surface area contributed by atoms with Crippen molar-refractivity contribution in [2.75, 3.05) is 12.3 Å². The van der Waals surface area contributed by atoms with Crippen LogP contribution in [0.5, 0.6) is 0 Å². The van der Waals surface area contributed by atoms with Gasteiger partial charge in [0.2, 0.25) is 6.40 Å². The van der Waals surface area contributed by atoms with Gasteiger partial charge in [0.25, 0.3) is 0 Å². The lowest BCUT2D eigenvalue weighted by molar-refractivity contribution is 0.0506. The third kappa shape index (κ3) is 2.90. The molecule has 5 rings (SSSR count). The zero-order chi connectivity index (χ0) is 22.4. The monoisotopic (exact) mass is 426 g/mol. The highest BCUT2D eigenvalue weighted by Crippen LogP contribution is 2.39. The van der Waals surface area contributed by atoms with Crippen LogP contribution in [0, 0.1) is 11.1 Å². The SMILES string of the molecule is CN=CON([O-])c1ccc2c3c(c4ccc(C(=O)ON)c5cccc2c54)C=CC(C)C=c13. The molecule has 0 amide bonds.